The maximum Gasteiger partial charge on any atom is 0.472 e. The van der Waals surface area contributed by atoms with Crippen LogP contribution in [0.2, 0.25) is 0 Å². The average molecular weight is 693 g/mol. The lowest BCUT2D eigenvalue weighted by Crippen LogP contribution is -2.48. The van der Waals surface area contributed by atoms with Crippen LogP contribution in [0.5, 0.6) is 0 Å². The molecule has 2 unspecified atom stereocenters. The predicted molar refractivity (Wildman–Crippen MR) is 195 cm³/mol. The molecular formula is C37H77N2O7P. The van der Waals surface area contributed by atoms with E-state index in [1.54, 1.807) is 6.92 Å². The molecule has 1 amide bonds. The van der Waals surface area contributed by atoms with E-state index in [-0.39, 0.29) is 26.2 Å². The Balaban J connectivity index is 4.52. The average Bonchev–Trinajstić information content (AvgIpc) is 2.99. The van der Waals surface area contributed by atoms with Gasteiger partial charge in [-0.1, -0.05) is 156 Å². The van der Waals surface area contributed by atoms with Crippen molar-refractivity contribution < 1.29 is 33.5 Å². The van der Waals surface area contributed by atoms with E-state index in [0.717, 1.165) is 50.4 Å². The second kappa shape index (κ2) is 29.2. The molecule has 0 saturated carbocycles. The highest BCUT2D eigenvalue weighted by molar-refractivity contribution is 7.47. The van der Waals surface area contributed by atoms with Crippen molar-refractivity contribution in [2.75, 3.05) is 19.8 Å². The fourth-order valence-corrected chi connectivity index (χ4v) is 6.72. The van der Waals surface area contributed by atoms with E-state index in [1.807, 2.05) is 0 Å². The van der Waals surface area contributed by atoms with Crippen LogP contribution in [0.1, 0.15) is 182 Å². The summed E-state index contributed by atoms with van der Waals surface area (Å²) in [5.74, 6) is 1.15. The minimum atomic E-state index is -4.38. The van der Waals surface area contributed by atoms with Gasteiger partial charge in [0, 0.05) is 6.54 Å². The number of amides is 1. The zero-order valence-corrected chi connectivity index (χ0v) is 32.1. The number of rotatable bonds is 34. The Kier molecular flexibility index (Phi) is 28.9. The largest absolute Gasteiger partial charge is 0.472 e. The maximum absolute atomic E-state index is 12.9. The molecule has 6 N–H and O–H groups in total. The van der Waals surface area contributed by atoms with Crippen LogP contribution < -0.4 is 11.1 Å². The van der Waals surface area contributed by atoms with Gasteiger partial charge in [-0.25, -0.2) is 4.57 Å². The summed E-state index contributed by atoms with van der Waals surface area (Å²) < 4.78 is 22.1. The van der Waals surface area contributed by atoms with Crippen molar-refractivity contribution in [1.82, 2.24) is 5.32 Å². The topological polar surface area (TPSA) is 151 Å². The van der Waals surface area contributed by atoms with Crippen LogP contribution in [0.25, 0.3) is 0 Å². The van der Waals surface area contributed by atoms with Crippen LogP contribution in [-0.2, 0) is 18.4 Å². The molecule has 10 heteroatoms. The van der Waals surface area contributed by atoms with Gasteiger partial charge in [0.2, 0.25) is 5.91 Å². The fraction of sp³-hybridized carbons (Fsp3) is 0.973. The number of unbranched alkanes of at least 4 members (excludes halogenated alkanes) is 16. The van der Waals surface area contributed by atoms with E-state index >= 15 is 0 Å². The first-order chi connectivity index (χ1) is 22.3. The third-order valence-electron chi connectivity index (χ3n) is 8.92. The summed E-state index contributed by atoms with van der Waals surface area (Å²) in [7, 11) is -4.38. The molecule has 0 aliphatic rings. The van der Waals surface area contributed by atoms with E-state index < -0.39 is 31.5 Å². The van der Waals surface area contributed by atoms with Crippen molar-refractivity contribution in [3.8, 4) is 0 Å². The summed E-state index contributed by atoms with van der Waals surface area (Å²) in [6.07, 6.45) is 23.6. The highest BCUT2D eigenvalue weighted by atomic mass is 31.2. The van der Waals surface area contributed by atoms with Gasteiger partial charge < -0.3 is 26.2 Å². The molecule has 0 bridgehead atoms. The molecular weight excluding hydrogens is 615 g/mol. The Bertz CT molecular complexity index is 782. The summed E-state index contributed by atoms with van der Waals surface area (Å²) in [4.78, 5) is 22.9. The van der Waals surface area contributed by atoms with Gasteiger partial charge >= 0.3 is 7.82 Å². The molecule has 0 aromatic carbocycles. The molecule has 4 atom stereocenters. The standard InChI is InChI=1S/C37H77N2O7P/c1-32(2)24-20-16-12-8-6-10-14-18-22-26-35(40)34(31-46-47(43,44)45-29-28-38)39-36(41)30-37(5,42)27-23-19-15-11-7-9-13-17-21-25-33(3)4/h32-35,40,42H,6-31,38H2,1-5H3,(H,39,41)(H,43,44)/t34-,35+,37?/m0/s1. The molecule has 0 radical (unpaired) electrons. The summed E-state index contributed by atoms with van der Waals surface area (Å²) in [6, 6.07) is -0.906. The lowest BCUT2D eigenvalue weighted by Gasteiger charge is -2.28. The third kappa shape index (κ3) is 31.2. The number of hydrogen-bond donors (Lipinski definition) is 5. The molecule has 0 saturated heterocycles. The number of carbonyl (C=O) groups excluding carboxylic acids is 1. The van der Waals surface area contributed by atoms with Crippen molar-refractivity contribution in [1.29, 1.82) is 0 Å². The quantitative estimate of drug-likeness (QED) is 0.0331. The molecule has 0 spiro atoms. The molecule has 0 aromatic rings. The Labute approximate surface area is 289 Å². The number of nitrogens with two attached hydrogens (primary N) is 1. The molecule has 0 fully saturated rings. The molecule has 0 rings (SSSR count). The van der Waals surface area contributed by atoms with E-state index in [4.69, 9.17) is 14.8 Å². The maximum atomic E-state index is 12.9. The Hall–Kier alpha value is -0.540. The van der Waals surface area contributed by atoms with Crippen LogP contribution in [0, 0.1) is 11.8 Å². The number of phosphoric acid groups is 1. The van der Waals surface area contributed by atoms with Crippen LogP contribution in [0.3, 0.4) is 0 Å². The second-order valence-electron chi connectivity index (χ2n) is 15.1. The first kappa shape index (κ1) is 46.5. The van der Waals surface area contributed by atoms with Crippen LogP contribution >= 0.6 is 7.82 Å². The van der Waals surface area contributed by atoms with E-state index in [9.17, 15) is 24.5 Å². The zero-order chi connectivity index (χ0) is 35.4. The summed E-state index contributed by atoms with van der Waals surface area (Å²) in [6.45, 7) is 10.3. The molecule has 0 aliphatic carbocycles. The van der Waals surface area contributed by atoms with E-state index in [2.05, 4.69) is 33.0 Å². The van der Waals surface area contributed by atoms with Gasteiger partial charge in [0.05, 0.1) is 37.4 Å². The van der Waals surface area contributed by atoms with Crippen molar-refractivity contribution in [2.45, 2.75) is 200 Å². The summed E-state index contributed by atoms with van der Waals surface area (Å²) >= 11 is 0. The Morgan fingerprint density at radius 2 is 1.13 bits per heavy atom. The highest BCUT2D eigenvalue weighted by Gasteiger charge is 2.30. The molecule has 0 aliphatic heterocycles. The molecule has 9 nitrogen and oxygen atoms in total. The third-order valence-corrected chi connectivity index (χ3v) is 9.90. The number of phosphoric ester groups is 1. The highest BCUT2D eigenvalue weighted by Crippen LogP contribution is 2.43. The SMILES string of the molecule is CC(C)CCCCCCCCCCC[C@@H](O)[C@H](COP(=O)(O)OCCN)NC(=O)CC(C)(O)CCCCCCCCCCCC(C)C. The van der Waals surface area contributed by atoms with Crippen LogP contribution in [0.15, 0.2) is 0 Å². The van der Waals surface area contributed by atoms with Gasteiger partial charge in [-0.05, 0) is 31.6 Å². The van der Waals surface area contributed by atoms with Crippen molar-refractivity contribution in [3.05, 3.63) is 0 Å². The van der Waals surface area contributed by atoms with Gasteiger partial charge in [-0.15, -0.1) is 0 Å². The second-order valence-corrected chi connectivity index (χ2v) is 16.5. The lowest BCUT2D eigenvalue weighted by molar-refractivity contribution is -0.127. The number of hydrogen-bond acceptors (Lipinski definition) is 7. The van der Waals surface area contributed by atoms with Crippen molar-refractivity contribution in [3.63, 3.8) is 0 Å². The van der Waals surface area contributed by atoms with Gasteiger partial charge in [-0.2, -0.15) is 0 Å². The molecule has 0 heterocycles. The van der Waals surface area contributed by atoms with E-state index in [1.165, 1.54) is 89.9 Å². The lowest BCUT2D eigenvalue weighted by atomic mass is 9.93. The van der Waals surface area contributed by atoms with Crippen molar-refractivity contribution >= 4 is 13.7 Å². The number of aliphatic hydroxyl groups is 2. The predicted octanol–water partition coefficient (Wildman–Crippen LogP) is 8.96. The summed E-state index contributed by atoms with van der Waals surface area (Å²) in [5, 5.41) is 24.6. The minimum absolute atomic E-state index is 0.0580. The van der Waals surface area contributed by atoms with Gasteiger partial charge in [-0.3, -0.25) is 13.8 Å². The van der Waals surface area contributed by atoms with Crippen molar-refractivity contribution in [2.24, 2.45) is 17.6 Å². The first-order valence-corrected chi connectivity index (χ1v) is 20.8. The summed E-state index contributed by atoms with van der Waals surface area (Å²) in [5.41, 5.74) is 4.18. The molecule has 0 aromatic heterocycles. The Morgan fingerprint density at radius 1 is 0.723 bits per heavy atom. The zero-order valence-electron chi connectivity index (χ0n) is 31.2. The Morgan fingerprint density at radius 3 is 1.55 bits per heavy atom. The smallest absolute Gasteiger partial charge is 0.391 e. The number of nitrogens with one attached hydrogen (secondary N) is 1. The van der Waals surface area contributed by atoms with Crippen LogP contribution in [-0.4, -0.2) is 58.5 Å². The molecule has 47 heavy (non-hydrogen) atoms. The van der Waals surface area contributed by atoms with Gasteiger partial charge in [0.1, 0.15) is 0 Å². The number of aliphatic hydroxyl groups excluding tert-OH is 1. The van der Waals surface area contributed by atoms with Gasteiger partial charge in [0.25, 0.3) is 0 Å². The van der Waals surface area contributed by atoms with Crippen LogP contribution in [0.4, 0.5) is 0 Å². The normalized spacial score (nSPS) is 15.9. The fourth-order valence-electron chi connectivity index (χ4n) is 5.96. The number of carbonyl (C=O) groups is 1. The first-order valence-electron chi connectivity index (χ1n) is 19.3. The monoisotopic (exact) mass is 693 g/mol. The minimum Gasteiger partial charge on any atom is -0.391 e. The van der Waals surface area contributed by atoms with E-state index in [0.29, 0.717) is 12.8 Å². The molecule has 282 valence electrons. The van der Waals surface area contributed by atoms with Gasteiger partial charge in [0.15, 0.2) is 0 Å².